The maximum absolute atomic E-state index is 11.9. The zero-order valence-electron chi connectivity index (χ0n) is 9.94. The number of nitrogens with zero attached hydrogens (tertiary/aromatic N) is 2. The third kappa shape index (κ3) is 2.24. The molecule has 16 heavy (non-hydrogen) atoms. The Labute approximate surface area is 94.0 Å². The normalized spacial score (nSPS) is 11.6. The van der Waals surface area contributed by atoms with Gasteiger partial charge in [-0.3, -0.25) is 4.79 Å². The van der Waals surface area contributed by atoms with Gasteiger partial charge in [0.2, 0.25) is 0 Å². The summed E-state index contributed by atoms with van der Waals surface area (Å²) in [4.78, 5) is 16.7. The Balaban J connectivity index is 3.35. The van der Waals surface area contributed by atoms with Gasteiger partial charge in [-0.1, -0.05) is 5.16 Å². The van der Waals surface area contributed by atoms with E-state index in [0.29, 0.717) is 18.0 Å². The maximum Gasteiger partial charge on any atom is 0.263 e. The molecule has 0 radical (unpaired) electrons. The van der Waals surface area contributed by atoms with Crippen LogP contribution in [-0.2, 0) is 11.9 Å². The first kappa shape index (κ1) is 12.3. The maximum atomic E-state index is 11.9. The molecule has 1 aromatic rings. The molecule has 88 valence electrons. The molecule has 0 saturated heterocycles. The van der Waals surface area contributed by atoms with Crippen LogP contribution in [0.15, 0.2) is 16.0 Å². The first-order valence-electron chi connectivity index (χ1n) is 5.05. The minimum absolute atomic E-state index is 0.0680. The molecule has 0 bridgehead atoms. The van der Waals surface area contributed by atoms with Crippen LogP contribution in [0.3, 0.4) is 0 Å². The molecular formula is C11H16N2O3. The van der Waals surface area contributed by atoms with Gasteiger partial charge in [0.1, 0.15) is 17.9 Å². The number of pyridine rings is 1. The van der Waals surface area contributed by atoms with Crippen molar-refractivity contribution in [1.82, 2.24) is 4.57 Å². The highest BCUT2D eigenvalue weighted by Gasteiger charge is 2.13. The van der Waals surface area contributed by atoms with Crippen molar-refractivity contribution in [2.45, 2.75) is 20.8 Å². The summed E-state index contributed by atoms with van der Waals surface area (Å²) >= 11 is 0. The third-order valence-electron chi connectivity index (χ3n) is 2.34. The zero-order chi connectivity index (χ0) is 12.3. The first-order chi connectivity index (χ1) is 7.49. The van der Waals surface area contributed by atoms with Crippen LogP contribution in [0.4, 0.5) is 0 Å². The fourth-order valence-electron chi connectivity index (χ4n) is 1.35. The highest BCUT2D eigenvalue weighted by atomic mass is 16.6. The summed E-state index contributed by atoms with van der Waals surface area (Å²) < 4.78 is 1.46. The summed E-state index contributed by atoms with van der Waals surface area (Å²) in [5, 5.41) is 13.5. The van der Waals surface area contributed by atoms with Gasteiger partial charge in [-0.15, -0.1) is 0 Å². The molecule has 0 amide bonds. The van der Waals surface area contributed by atoms with Gasteiger partial charge in [-0.2, -0.15) is 0 Å². The van der Waals surface area contributed by atoms with Gasteiger partial charge in [0.05, 0.1) is 5.71 Å². The molecule has 0 unspecified atom stereocenters. The van der Waals surface area contributed by atoms with Crippen LogP contribution in [-0.4, -0.2) is 22.0 Å². The van der Waals surface area contributed by atoms with Crippen LogP contribution >= 0.6 is 0 Å². The van der Waals surface area contributed by atoms with Crippen LogP contribution < -0.4 is 5.56 Å². The molecule has 5 nitrogen and oxygen atoms in total. The van der Waals surface area contributed by atoms with Crippen molar-refractivity contribution in [1.29, 1.82) is 0 Å². The Hall–Kier alpha value is -1.78. The van der Waals surface area contributed by atoms with Crippen LogP contribution in [0.2, 0.25) is 0 Å². The molecule has 1 aromatic heterocycles. The Bertz CT molecular complexity index is 475. The highest BCUT2D eigenvalue weighted by Crippen LogP contribution is 2.15. The minimum atomic E-state index is -0.279. The number of oxime groups is 1. The van der Waals surface area contributed by atoms with E-state index in [9.17, 15) is 9.90 Å². The number of hydrogen-bond acceptors (Lipinski definition) is 4. The molecule has 5 heteroatoms. The van der Waals surface area contributed by atoms with Crippen LogP contribution in [0.1, 0.15) is 25.1 Å². The van der Waals surface area contributed by atoms with Crippen molar-refractivity contribution in [2.75, 3.05) is 6.61 Å². The van der Waals surface area contributed by atoms with E-state index < -0.39 is 0 Å². The topological polar surface area (TPSA) is 63.8 Å². The van der Waals surface area contributed by atoms with Gasteiger partial charge in [-0.25, -0.2) is 0 Å². The van der Waals surface area contributed by atoms with Crippen molar-refractivity contribution in [3.8, 4) is 5.75 Å². The first-order valence-corrected chi connectivity index (χ1v) is 5.05. The van der Waals surface area contributed by atoms with E-state index in [1.54, 1.807) is 27.8 Å². The SMILES string of the molecule is CCON=C(C)c1c(O)cc(C)n(C)c1=O. The fraction of sp³-hybridized carbons (Fsp3) is 0.455. The monoisotopic (exact) mass is 224 g/mol. The molecule has 0 aliphatic rings. The Morgan fingerprint density at radius 1 is 1.62 bits per heavy atom. The molecule has 0 aliphatic carbocycles. The van der Waals surface area contributed by atoms with Crippen LogP contribution in [0.25, 0.3) is 0 Å². The molecule has 0 spiro atoms. The van der Waals surface area contributed by atoms with Gasteiger partial charge in [0.15, 0.2) is 0 Å². The molecular weight excluding hydrogens is 208 g/mol. The second-order valence-corrected chi connectivity index (χ2v) is 3.50. The predicted octanol–water partition coefficient (Wildman–Crippen LogP) is 1.16. The molecule has 0 aromatic carbocycles. The highest BCUT2D eigenvalue weighted by molar-refractivity contribution is 6.00. The number of aryl methyl sites for hydroxylation is 1. The average Bonchev–Trinajstić information content (AvgIpc) is 2.23. The predicted molar refractivity (Wildman–Crippen MR) is 61.9 cm³/mol. The van der Waals surface area contributed by atoms with Crippen molar-refractivity contribution < 1.29 is 9.94 Å². The molecule has 0 fully saturated rings. The largest absolute Gasteiger partial charge is 0.507 e. The van der Waals surface area contributed by atoms with E-state index in [1.165, 1.54) is 10.6 Å². The average molecular weight is 224 g/mol. The summed E-state index contributed by atoms with van der Waals surface area (Å²) in [6, 6.07) is 1.53. The van der Waals surface area contributed by atoms with Gasteiger partial charge in [0, 0.05) is 18.8 Å². The van der Waals surface area contributed by atoms with Gasteiger partial charge in [0.25, 0.3) is 5.56 Å². The number of hydrogen-bond donors (Lipinski definition) is 1. The van der Waals surface area contributed by atoms with E-state index in [2.05, 4.69) is 5.16 Å². The summed E-state index contributed by atoms with van der Waals surface area (Å²) in [7, 11) is 1.65. The molecule has 0 aliphatic heterocycles. The lowest BCUT2D eigenvalue weighted by atomic mass is 10.1. The van der Waals surface area contributed by atoms with E-state index in [0.717, 1.165) is 0 Å². The summed E-state index contributed by atoms with van der Waals surface area (Å²) in [6.07, 6.45) is 0. The van der Waals surface area contributed by atoms with Gasteiger partial charge in [-0.05, 0) is 20.8 Å². The molecule has 0 saturated carbocycles. The smallest absolute Gasteiger partial charge is 0.263 e. The molecule has 1 heterocycles. The van der Waals surface area contributed by atoms with Crippen molar-refractivity contribution in [2.24, 2.45) is 12.2 Å². The second kappa shape index (κ2) is 4.83. The van der Waals surface area contributed by atoms with E-state index >= 15 is 0 Å². The summed E-state index contributed by atoms with van der Waals surface area (Å²) in [5.41, 5.74) is 0.968. The second-order valence-electron chi connectivity index (χ2n) is 3.50. The minimum Gasteiger partial charge on any atom is -0.507 e. The number of aromatic hydroxyl groups is 1. The van der Waals surface area contributed by atoms with E-state index in [-0.39, 0.29) is 16.9 Å². The van der Waals surface area contributed by atoms with Crippen LogP contribution in [0, 0.1) is 6.92 Å². The van der Waals surface area contributed by atoms with Crippen molar-refractivity contribution in [3.63, 3.8) is 0 Å². The van der Waals surface area contributed by atoms with Crippen molar-refractivity contribution in [3.05, 3.63) is 27.7 Å². The Morgan fingerprint density at radius 2 is 2.25 bits per heavy atom. The molecule has 1 rings (SSSR count). The van der Waals surface area contributed by atoms with Crippen LogP contribution in [0.5, 0.6) is 5.75 Å². The Morgan fingerprint density at radius 3 is 2.81 bits per heavy atom. The molecule has 1 N–H and O–H groups in total. The summed E-state index contributed by atoms with van der Waals surface area (Å²) in [5.74, 6) is -0.0680. The lowest BCUT2D eigenvalue weighted by molar-refractivity contribution is 0.159. The molecule has 0 atom stereocenters. The summed E-state index contributed by atoms with van der Waals surface area (Å²) in [6.45, 7) is 5.59. The standard InChI is InChI=1S/C11H16N2O3/c1-5-16-12-8(3)10-9(14)6-7(2)13(4)11(10)15/h6,14H,5H2,1-4H3. The van der Waals surface area contributed by atoms with E-state index in [4.69, 9.17) is 4.84 Å². The lowest BCUT2D eigenvalue weighted by Crippen LogP contribution is -2.25. The van der Waals surface area contributed by atoms with E-state index in [1.807, 2.05) is 0 Å². The van der Waals surface area contributed by atoms with Crippen molar-refractivity contribution >= 4 is 5.71 Å². The third-order valence-corrected chi connectivity index (χ3v) is 2.34. The Kier molecular flexibility index (Phi) is 3.71. The fourth-order valence-corrected chi connectivity index (χ4v) is 1.35. The van der Waals surface area contributed by atoms with Gasteiger partial charge < -0.3 is 14.5 Å². The van der Waals surface area contributed by atoms with Gasteiger partial charge >= 0.3 is 0 Å². The number of rotatable bonds is 3. The lowest BCUT2D eigenvalue weighted by Gasteiger charge is -2.08. The quantitative estimate of drug-likeness (QED) is 0.619. The number of aromatic nitrogens is 1. The zero-order valence-corrected chi connectivity index (χ0v) is 9.94.